The van der Waals surface area contributed by atoms with Gasteiger partial charge in [0.25, 0.3) is 0 Å². The molecule has 0 unspecified atom stereocenters. The van der Waals surface area contributed by atoms with Crippen LogP contribution in [0, 0.1) is 11.8 Å². The predicted octanol–water partition coefficient (Wildman–Crippen LogP) is 2.91. The minimum absolute atomic E-state index is 0.117. The van der Waals surface area contributed by atoms with E-state index in [9.17, 15) is 14.7 Å². The summed E-state index contributed by atoms with van der Waals surface area (Å²) >= 11 is 0. The number of carboxylic acid groups (broad SMARTS) is 1. The minimum atomic E-state index is -0.740. The van der Waals surface area contributed by atoms with Gasteiger partial charge in [-0.25, -0.2) is 0 Å². The summed E-state index contributed by atoms with van der Waals surface area (Å²) in [6.45, 7) is 8.53. The van der Waals surface area contributed by atoms with Crippen LogP contribution < -0.4 is 4.74 Å². The van der Waals surface area contributed by atoms with Crippen LogP contribution in [0.4, 0.5) is 0 Å². The third-order valence-electron chi connectivity index (χ3n) is 5.91. The topological polar surface area (TPSA) is 70.1 Å². The van der Waals surface area contributed by atoms with Gasteiger partial charge in [-0.15, -0.1) is 0 Å². The second-order valence-electron chi connectivity index (χ2n) is 7.59. The van der Waals surface area contributed by atoms with Gasteiger partial charge in [0.15, 0.2) is 0 Å². The Morgan fingerprint density at radius 3 is 2.43 bits per heavy atom. The SMILES string of the molecule is CCN(CC)CC[C@@H]1CN(C(=O)Cc2ccc(OC)cc2)CC[C@H]1CC(=O)O. The number of likely N-dealkylation sites (tertiary alicyclic amines) is 1. The Hall–Kier alpha value is -2.08. The molecule has 1 fully saturated rings. The Labute approximate surface area is 168 Å². The van der Waals surface area contributed by atoms with Gasteiger partial charge in [0.2, 0.25) is 5.91 Å². The summed E-state index contributed by atoms with van der Waals surface area (Å²) in [4.78, 5) is 28.4. The molecule has 0 aliphatic carbocycles. The third-order valence-corrected chi connectivity index (χ3v) is 5.91. The average molecular weight is 391 g/mol. The highest BCUT2D eigenvalue weighted by Gasteiger charge is 2.32. The molecule has 6 heteroatoms. The number of hydrogen-bond acceptors (Lipinski definition) is 4. The molecular weight excluding hydrogens is 356 g/mol. The molecule has 2 rings (SSSR count). The predicted molar refractivity (Wildman–Crippen MR) is 110 cm³/mol. The van der Waals surface area contributed by atoms with Crippen molar-refractivity contribution >= 4 is 11.9 Å². The van der Waals surface area contributed by atoms with E-state index in [2.05, 4.69) is 18.7 Å². The summed E-state index contributed by atoms with van der Waals surface area (Å²) in [7, 11) is 1.62. The van der Waals surface area contributed by atoms with Crippen LogP contribution in [0.5, 0.6) is 5.75 Å². The van der Waals surface area contributed by atoms with Crippen LogP contribution in [0.25, 0.3) is 0 Å². The van der Waals surface area contributed by atoms with Crippen molar-refractivity contribution in [1.29, 1.82) is 0 Å². The smallest absolute Gasteiger partial charge is 0.303 e. The number of hydrogen-bond donors (Lipinski definition) is 1. The molecule has 1 N–H and O–H groups in total. The number of carbonyl (C=O) groups is 2. The number of carbonyl (C=O) groups excluding carboxylic acids is 1. The second kappa shape index (κ2) is 11.1. The zero-order chi connectivity index (χ0) is 20.5. The molecule has 2 atom stereocenters. The summed E-state index contributed by atoms with van der Waals surface area (Å²) in [5.74, 6) is 0.549. The number of ether oxygens (including phenoxy) is 1. The fraction of sp³-hybridized carbons (Fsp3) is 0.636. The van der Waals surface area contributed by atoms with Crippen molar-refractivity contribution in [1.82, 2.24) is 9.80 Å². The van der Waals surface area contributed by atoms with Crippen molar-refractivity contribution in [3.05, 3.63) is 29.8 Å². The summed E-state index contributed by atoms with van der Waals surface area (Å²) < 4.78 is 5.17. The zero-order valence-corrected chi connectivity index (χ0v) is 17.4. The van der Waals surface area contributed by atoms with E-state index in [4.69, 9.17) is 4.74 Å². The van der Waals surface area contributed by atoms with Gasteiger partial charge in [-0.05, 0) is 62.0 Å². The van der Waals surface area contributed by atoms with Crippen molar-refractivity contribution < 1.29 is 19.4 Å². The van der Waals surface area contributed by atoms with E-state index in [0.717, 1.165) is 43.8 Å². The lowest BCUT2D eigenvalue weighted by molar-refractivity contribution is -0.139. The minimum Gasteiger partial charge on any atom is -0.497 e. The standard InChI is InChI=1S/C22H34N2O4/c1-4-23(5-2)12-10-19-16-24(13-11-18(19)15-22(26)27)21(25)14-17-6-8-20(28-3)9-7-17/h6-9,18-19H,4-5,10-16H2,1-3H3,(H,26,27)/t18-,19+/m0/s1. The van der Waals surface area contributed by atoms with Crippen molar-refractivity contribution in [2.75, 3.05) is 39.8 Å². The van der Waals surface area contributed by atoms with Gasteiger partial charge in [0.05, 0.1) is 13.5 Å². The summed E-state index contributed by atoms with van der Waals surface area (Å²) in [5.41, 5.74) is 0.971. The third kappa shape index (κ3) is 6.51. The van der Waals surface area contributed by atoms with Crippen molar-refractivity contribution in [2.24, 2.45) is 11.8 Å². The molecule has 1 heterocycles. The van der Waals surface area contributed by atoms with Gasteiger partial charge < -0.3 is 19.6 Å². The molecule has 0 aromatic heterocycles. The van der Waals surface area contributed by atoms with Crippen LogP contribution in [0.2, 0.25) is 0 Å². The quantitative estimate of drug-likeness (QED) is 0.665. The molecule has 1 aliphatic rings. The Balaban J connectivity index is 1.98. The fourth-order valence-corrected chi connectivity index (χ4v) is 4.05. The van der Waals surface area contributed by atoms with E-state index in [-0.39, 0.29) is 24.2 Å². The lowest BCUT2D eigenvalue weighted by atomic mass is 9.81. The molecule has 156 valence electrons. The Bertz CT molecular complexity index is 628. The number of rotatable bonds is 10. The fourth-order valence-electron chi connectivity index (χ4n) is 4.05. The van der Waals surface area contributed by atoms with E-state index >= 15 is 0 Å². The number of aliphatic carboxylic acids is 1. The number of piperidine rings is 1. The zero-order valence-electron chi connectivity index (χ0n) is 17.4. The Morgan fingerprint density at radius 1 is 1.18 bits per heavy atom. The molecule has 0 saturated carbocycles. The molecule has 6 nitrogen and oxygen atoms in total. The van der Waals surface area contributed by atoms with E-state index in [1.165, 1.54) is 0 Å². The van der Waals surface area contributed by atoms with E-state index in [0.29, 0.717) is 19.5 Å². The molecule has 1 amide bonds. The maximum atomic E-state index is 12.8. The first-order chi connectivity index (χ1) is 13.5. The van der Waals surface area contributed by atoms with Crippen LogP contribution in [0.3, 0.4) is 0 Å². The first-order valence-electron chi connectivity index (χ1n) is 10.3. The van der Waals surface area contributed by atoms with E-state index in [1.54, 1.807) is 7.11 Å². The first-order valence-corrected chi connectivity index (χ1v) is 10.3. The van der Waals surface area contributed by atoms with Crippen molar-refractivity contribution in [3.63, 3.8) is 0 Å². The van der Waals surface area contributed by atoms with Crippen molar-refractivity contribution in [3.8, 4) is 5.75 Å². The van der Waals surface area contributed by atoms with Crippen LogP contribution in [-0.4, -0.2) is 66.6 Å². The van der Waals surface area contributed by atoms with Gasteiger partial charge in [-0.1, -0.05) is 26.0 Å². The summed E-state index contributed by atoms with van der Waals surface area (Å²) in [6, 6.07) is 7.58. The largest absolute Gasteiger partial charge is 0.497 e. The maximum absolute atomic E-state index is 12.8. The number of amides is 1. The van der Waals surface area contributed by atoms with Crippen LogP contribution in [0.1, 0.15) is 38.7 Å². The molecule has 1 aliphatic heterocycles. The average Bonchev–Trinajstić information content (AvgIpc) is 2.69. The normalized spacial score (nSPS) is 19.6. The number of carboxylic acids is 1. The van der Waals surface area contributed by atoms with Crippen LogP contribution in [-0.2, 0) is 16.0 Å². The highest BCUT2D eigenvalue weighted by molar-refractivity contribution is 5.79. The molecule has 0 spiro atoms. The molecular formula is C22H34N2O4. The Kier molecular flexibility index (Phi) is 8.77. The summed E-state index contributed by atoms with van der Waals surface area (Å²) in [5, 5.41) is 9.26. The second-order valence-corrected chi connectivity index (χ2v) is 7.59. The summed E-state index contributed by atoms with van der Waals surface area (Å²) in [6.07, 6.45) is 2.27. The monoisotopic (exact) mass is 390 g/mol. The van der Waals surface area contributed by atoms with Gasteiger partial charge in [-0.3, -0.25) is 9.59 Å². The Morgan fingerprint density at radius 2 is 1.86 bits per heavy atom. The number of methoxy groups -OCH3 is 1. The van der Waals surface area contributed by atoms with Gasteiger partial charge >= 0.3 is 5.97 Å². The first kappa shape index (κ1) is 22.2. The van der Waals surface area contributed by atoms with Gasteiger partial charge in [0.1, 0.15) is 5.75 Å². The number of nitrogens with zero attached hydrogens (tertiary/aromatic N) is 2. The molecule has 1 aromatic rings. The van der Waals surface area contributed by atoms with E-state index < -0.39 is 5.97 Å². The molecule has 28 heavy (non-hydrogen) atoms. The lowest BCUT2D eigenvalue weighted by Gasteiger charge is -2.39. The van der Waals surface area contributed by atoms with E-state index in [1.807, 2.05) is 29.2 Å². The molecule has 1 saturated heterocycles. The molecule has 0 radical (unpaired) electrons. The lowest BCUT2D eigenvalue weighted by Crippen LogP contribution is -2.45. The highest BCUT2D eigenvalue weighted by atomic mass is 16.5. The van der Waals surface area contributed by atoms with Crippen LogP contribution in [0.15, 0.2) is 24.3 Å². The highest BCUT2D eigenvalue weighted by Crippen LogP contribution is 2.30. The molecule has 1 aromatic carbocycles. The maximum Gasteiger partial charge on any atom is 0.303 e. The van der Waals surface area contributed by atoms with Gasteiger partial charge in [-0.2, -0.15) is 0 Å². The molecule has 0 bridgehead atoms. The number of benzene rings is 1. The van der Waals surface area contributed by atoms with Gasteiger partial charge in [0, 0.05) is 19.5 Å². The van der Waals surface area contributed by atoms with Crippen molar-refractivity contribution in [2.45, 2.75) is 39.5 Å². The van der Waals surface area contributed by atoms with Crippen LogP contribution >= 0.6 is 0 Å².